The molecule has 21 heavy (non-hydrogen) atoms. The van der Waals surface area contributed by atoms with Gasteiger partial charge in [0.05, 0.1) is 0 Å². The molecular formula is C17H26O3Si. The van der Waals surface area contributed by atoms with E-state index in [1.807, 2.05) is 36.4 Å². The van der Waals surface area contributed by atoms with Gasteiger partial charge in [-0.3, -0.25) is 4.79 Å². The molecule has 3 nitrogen and oxygen atoms in total. The Hall–Kier alpha value is -1.55. The van der Waals surface area contributed by atoms with Crippen molar-refractivity contribution in [1.82, 2.24) is 0 Å². The molecule has 1 aromatic carbocycles. The lowest BCUT2D eigenvalue weighted by molar-refractivity contribution is -0.139. The van der Waals surface area contributed by atoms with Gasteiger partial charge in [-0.25, -0.2) is 0 Å². The quantitative estimate of drug-likeness (QED) is 0.587. The molecule has 0 aliphatic carbocycles. The smallest absolute Gasteiger partial charge is 0.302 e. The second kappa shape index (κ2) is 6.94. The van der Waals surface area contributed by atoms with Gasteiger partial charge in [-0.2, -0.15) is 0 Å². The Labute approximate surface area is 129 Å². The molecule has 0 spiro atoms. The Kier molecular flexibility index (Phi) is 5.78. The van der Waals surface area contributed by atoms with E-state index in [2.05, 4.69) is 33.9 Å². The van der Waals surface area contributed by atoms with Crippen molar-refractivity contribution < 1.29 is 14.0 Å². The van der Waals surface area contributed by atoms with Gasteiger partial charge in [-0.05, 0) is 30.3 Å². The van der Waals surface area contributed by atoms with Crippen molar-refractivity contribution in [3.63, 3.8) is 0 Å². The molecule has 4 heteroatoms. The van der Waals surface area contributed by atoms with Crippen LogP contribution in [0.2, 0.25) is 18.1 Å². The Morgan fingerprint density at radius 2 is 1.86 bits per heavy atom. The van der Waals surface area contributed by atoms with Gasteiger partial charge in [0, 0.05) is 12.5 Å². The first-order chi connectivity index (χ1) is 9.63. The van der Waals surface area contributed by atoms with E-state index in [-0.39, 0.29) is 17.6 Å². The van der Waals surface area contributed by atoms with Crippen molar-refractivity contribution in [2.24, 2.45) is 0 Å². The van der Waals surface area contributed by atoms with Crippen LogP contribution in [-0.4, -0.2) is 20.9 Å². The topological polar surface area (TPSA) is 35.5 Å². The maximum Gasteiger partial charge on any atom is 0.302 e. The van der Waals surface area contributed by atoms with Crippen molar-refractivity contribution >= 4 is 20.4 Å². The average Bonchev–Trinajstić information content (AvgIpc) is 2.34. The molecule has 0 atom stereocenters. The van der Waals surface area contributed by atoms with Gasteiger partial charge in [0.2, 0.25) is 0 Å². The lowest BCUT2D eigenvalue weighted by Gasteiger charge is -2.36. The van der Waals surface area contributed by atoms with Crippen LogP contribution >= 0.6 is 0 Å². The van der Waals surface area contributed by atoms with Crippen LogP contribution < -0.4 is 4.43 Å². The number of hydrogen-bond acceptors (Lipinski definition) is 3. The third kappa shape index (κ3) is 5.38. The highest BCUT2D eigenvalue weighted by atomic mass is 28.4. The predicted octanol–water partition coefficient (Wildman–Crippen LogP) is 4.65. The molecule has 0 fully saturated rings. The number of rotatable bonds is 5. The van der Waals surface area contributed by atoms with Gasteiger partial charge in [0.1, 0.15) is 12.4 Å². The molecule has 0 aromatic heterocycles. The highest BCUT2D eigenvalue weighted by molar-refractivity contribution is 6.74. The highest BCUT2D eigenvalue weighted by Gasteiger charge is 2.39. The first-order valence-corrected chi connectivity index (χ1v) is 10.1. The zero-order valence-corrected chi connectivity index (χ0v) is 14.9. The van der Waals surface area contributed by atoms with E-state index in [0.717, 1.165) is 11.3 Å². The molecule has 0 amide bonds. The summed E-state index contributed by atoms with van der Waals surface area (Å²) in [7, 11) is -1.86. The fourth-order valence-corrected chi connectivity index (χ4v) is 2.52. The van der Waals surface area contributed by atoms with Gasteiger partial charge in [0.25, 0.3) is 8.32 Å². The minimum atomic E-state index is -1.86. The van der Waals surface area contributed by atoms with Crippen molar-refractivity contribution in [1.29, 1.82) is 0 Å². The van der Waals surface area contributed by atoms with Gasteiger partial charge in [-0.15, -0.1) is 0 Å². The van der Waals surface area contributed by atoms with Crippen LogP contribution in [0.3, 0.4) is 0 Å². The summed E-state index contributed by atoms with van der Waals surface area (Å²) in [5, 5.41) is 0.154. The number of hydrogen-bond donors (Lipinski definition) is 0. The summed E-state index contributed by atoms with van der Waals surface area (Å²) in [6, 6.07) is 7.95. The summed E-state index contributed by atoms with van der Waals surface area (Å²) >= 11 is 0. The molecule has 0 unspecified atom stereocenters. The minimum Gasteiger partial charge on any atom is -0.543 e. The molecule has 1 aromatic rings. The van der Waals surface area contributed by atoms with Crippen molar-refractivity contribution in [3.05, 3.63) is 35.9 Å². The normalized spacial score (nSPS) is 12.5. The lowest BCUT2D eigenvalue weighted by Crippen LogP contribution is -2.44. The van der Waals surface area contributed by atoms with E-state index < -0.39 is 8.32 Å². The maximum atomic E-state index is 10.7. The van der Waals surface area contributed by atoms with Gasteiger partial charge in [0.15, 0.2) is 0 Å². The fourth-order valence-electron chi connectivity index (χ4n) is 1.48. The van der Waals surface area contributed by atoms with Gasteiger partial charge in [-0.1, -0.05) is 45.0 Å². The number of carbonyl (C=O) groups excluding carboxylic acids is 1. The van der Waals surface area contributed by atoms with E-state index in [9.17, 15) is 4.79 Å². The van der Waals surface area contributed by atoms with Crippen molar-refractivity contribution in [2.75, 3.05) is 6.61 Å². The summed E-state index contributed by atoms with van der Waals surface area (Å²) in [6.45, 7) is 12.8. The molecule has 0 bridgehead atoms. The van der Waals surface area contributed by atoms with Crippen LogP contribution in [0.15, 0.2) is 30.3 Å². The first kappa shape index (κ1) is 17.5. The molecule has 0 heterocycles. The summed E-state index contributed by atoms with van der Waals surface area (Å²) in [4.78, 5) is 10.7. The monoisotopic (exact) mass is 306 g/mol. The van der Waals surface area contributed by atoms with Gasteiger partial charge < -0.3 is 9.16 Å². The molecule has 0 saturated heterocycles. The van der Waals surface area contributed by atoms with E-state index >= 15 is 0 Å². The van der Waals surface area contributed by atoms with E-state index in [0.29, 0.717) is 0 Å². The Bertz CT molecular complexity index is 513. The van der Waals surface area contributed by atoms with E-state index in [4.69, 9.17) is 9.16 Å². The number of para-hydroxylation sites is 1. The lowest BCUT2D eigenvalue weighted by atomic mass is 10.2. The minimum absolute atomic E-state index is 0.154. The fraction of sp³-hybridized carbons (Fsp3) is 0.471. The van der Waals surface area contributed by atoms with Crippen LogP contribution in [0, 0.1) is 0 Å². The number of carbonyl (C=O) groups is 1. The first-order valence-electron chi connectivity index (χ1n) is 7.21. The average molecular weight is 306 g/mol. The number of ether oxygens (including phenoxy) is 1. The van der Waals surface area contributed by atoms with E-state index in [1.165, 1.54) is 6.92 Å². The van der Waals surface area contributed by atoms with E-state index in [1.54, 1.807) is 0 Å². The molecule has 0 aliphatic rings. The van der Waals surface area contributed by atoms with Crippen LogP contribution in [0.5, 0.6) is 5.75 Å². The molecule has 116 valence electrons. The molecule has 1 rings (SSSR count). The molecule has 0 radical (unpaired) electrons. The summed E-state index contributed by atoms with van der Waals surface area (Å²) < 4.78 is 11.3. The van der Waals surface area contributed by atoms with Crippen LogP contribution in [0.4, 0.5) is 0 Å². The Morgan fingerprint density at radius 1 is 1.24 bits per heavy atom. The zero-order chi connectivity index (χ0) is 16.1. The number of benzene rings is 1. The summed E-state index contributed by atoms with van der Waals surface area (Å²) in [5.74, 6) is 0.619. The summed E-state index contributed by atoms with van der Waals surface area (Å²) in [5.41, 5.74) is 1.01. The third-order valence-corrected chi connectivity index (χ3v) is 8.11. The Morgan fingerprint density at radius 3 is 2.43 bits per heavy atom. The molecule has 0 saturated carbocycles. The Balaban J connectivity index is 2.87. The zero-order valence-electron chi connectivity index (χ0n) is 13.9. The largest absolute Gasteiger partial charge is 0.543 e. The molecule has 0 N–H and O–H groups in total. The second-order valence-corrected chi connectivity index (χ2v) is 11.3. The standard InChI is InChI=1S/C17H26O3Si/c1-14(18)19-13-9-11-15-10-7-8-12-16(15)20-21(5,6)17(2,3)4/h7-12H,13H2,1-6H3/b11-9+. The second-order valence-electron chi connectivity index (χ2n) is 6.61. The molecular weight excluding hydrogens is 280 g/mol. The molecule has 0 aliphatic heterocycles. The SMILES string of the molecule is CC(=O)OC/C=C/c1ccccc1O[Si](C)(C)C(C)(C)C. The highest BCUT2D eigenvalue weighted by Crippen LogP contribution is 2.38. The van der Waals surface area contributed by atoms with Crippen molar-refractivity contribution in [3.8, 4) is 5.75 Å². The van der Waals surface area contributed by atoms with Crippen LogP contribution in [-0.2, 0) is 9.53 Å². The number of esters is 1. The summed E-state index contributed by atoms with van der Waals surface area (Å²) in [6.07, 6.45) is 3.76. The van der Waals surface area contributed by atoms with Gasteiger partial charge >= 0.3 is 5.97 Å². The predicted molar refractivity (Wildman–Crippen MR) is 89.9 cm³/mol. The van der Waals surface area contributed by atoms with Crippen LogP contribution in [0.25, 0.3) is 6.08 Å². The van der Waals surface area contributed by atoms with Crippen LogP contribution in [0.1, 0.15) is 33.3 Å². The third-order valence-electron chi connectivity index (χ3n) is 3.77. The maximum absolute atomic E-state index is 10.7. The van der Waals surface area contributed by atoms with Crippen molar-refractivity contribution in [2.45, 2.75) is 45.8 Å².